The number of rotatable bonds is 2. The summed E-state index contributed by atoms with van der Waals surface area (Å²) in [6.45, 7) is 0.542. The molecule has 42 valence electrons. The normalized spacial score (nSPS) is 9.71. The van der Waals surface area contributed by atoms with Gasteiger partial charge in [-0.1, -0.05) is 0 Å². The Bertz CT molecular complexity index is 72.1. The highest BCUT2D eigenvalue weighted by molar-refractivity contribution is 14.1. The van der Waals surface area contributed by atoms with Gasteiger partial charge >= 0.3 is 0 Å². The van der Waals surface area contributed by atoms with E-state index in [0.29, 0.717) is 6.54 Å². The SMILES string of the molecule is CN(C)CC(=O)I. The molecule has 0 rings (SSSR count). The topological polar surface area (TPSA) is 20.3 Å². The zero-order chi connectivity index (χ0) is 5.86. The molecule has 2 nitrogen and oxygen atoms in total. The van der Waals surface area contributed by atoms with Crippen LogP contribution in [0.4, 0.5) is 0 Å². The highest BCUT2D eigenvalue weighted by atomic mass is 127. The van der Waals surface area contributed by atoms with Gasteiger partial charge in [0.05, 0.1) is 6.54 Å². The van der Waals surface area contributed by atoms with Gasteiger partial charge in [0.25, 0.3) is 0 Å². The second-order valence-corrected chi connectivity index (χ2v) is 2.80. The van der Waals surface area contributed by atoms with Crippen LogP contribution in [0.2, 0.25) is 0 Å². The van der Waals surface area contributed by atoms with E-state index in [9.17, 15) is 4.79 Å². The Kier molecular flexibility index (Phi) is 3.55. The summed E-state index contributed by atoms with van der Waals surface area (Å²) in [4.78, 5) is 12.0. The van der Waals surface area contributed by atoms with E-state index < -0.39 is 0 Å². The van der Waals surface area contributed by atoms with Crippen molar-refractivity contribution in [2.24, 2.45) is 0 Å². The molecule has 0 unspecified atom stereocenters. The van der Waals surface area contributed by atoms with E-state index in [0.717, 1.165) is 0 Å². The second-order valence-electron chi connectivity index (χ2n) is 1.59. The minimum atomic E-state index is 0.183. The van der Waals surface area contributed by atoms with Crippen molar-refractivity contribution in [2.45, 2.75) is 0 Å². The second kappa shape index (κ2) is 3.37. The van der Waals surface area contributed by atoms with E-state index >= 15 is 0 Å². The Morgan fingerprint density at radius 3 is 2.14 bits per heavy atom. The monoisotopic (exact) mass is 213 g/mol. The largest absolute Gasteiger partial charge is 0.302 e. The first kappa shape index (κ1) is 7.36. The maximum atomic E-state index is 10.2. The number of likely N-dealkylation sites (N-methyl/N-ethyl adjacent to an activating group) is 1. The number of hydrogen-bond acceptors (Lipinski definition) is 2. The molecule has 0 amide bonds. The maximum absolute atomic E-state index is 10.2. The first-order valence-corrected chi connectivity index (χ1v) is 3.04. The summed E-state index contributed by atoms with van der Waals surface area (Å²) in [6, 6.07) is 0. The number of carbonyl (C=O) groups is 1. The van der Waals surface area contributed by atoms with Gasteiger partial charge in [0, 0.05) is 22.6 Å². The fourth-order valence-corrected chi connectivity index (χ4v) is 0.931. The molecule has 0 spiro atoms. The Balaban J connectivity index is 3.13. The molecular weight excluding hydrogens is 205 g/mol. The Morgan fingerprint density at radius 2 is 2.14 bits per heavy atom. The molecule has 0 saturated heterocycles. The molecule has 0 aromatic carbocycles. The predicted molar refractivity (Wildman–Crippen MR) is 37.6 cm³/mol. The first-order valence-electron chi connectivity index (χ1n) is 1.96. The van der Waals surface area contributed by atoms with Crippen LogP contribution in [0.15, 0.2) is 0 Å². The van der Waals surface area contributed by atoms with Gasteiger partial charge in [0.1, 0.15) is 0 Å². The predicted octanol–water partition coefficient (Wildman–Crippen LogP) is 0.510. The van der Waals surface area contributed by atoms with Crippen LogP contribution in [-0.2, 0) is 4.79 Å². The average Bonchev–Trinajstić information content (AvgIpc) is 1.27. The molecule has 0 atom stereocenters. The lowest BCUT2D eigenvalue weighted by Gasteiger charge is -2.02. The van der Waals surface area contributed by atoms with Crippen molar-refractivity contribution in [3.63, 3.8) is 0 Å². The van der Waals surface area contributed by atoms with Crippen LogP contribution in [0.5, 0.6) is 0 Å². The highest BCUT2D eigenvalue weighted by Gasteiger charge is 1.93. The molecule has 0 aliphatic heterocycles. The van der Waals surface area contributed by atoms with Crippen LogP contribution >= 0.6 is 22.6 Å². The van der Waals surface area contributed by atoms with Gasteiger partial charge in [-0.15, -0.1) is 0 Å². The van der Waals surface area contributed by atoms with Crippen molar-refractivity contribution < 1.29 is 4.79 Å². The molecule has 3 heteroatoms. The van der Waals surface area contributed by atoms with Gasteiger partial charge in [-0.25, -0.2) is 0 Å². The summed E-state index contributed by atoms with van der Waals surface area (Å²) < 4.78 is 0.183. The quantitative estimate of drug-likeness (QED) is 0.492. The molecule has 0 saturated carbocycles. The summed E-state index contributed by atoms with van der Waals surface area (Å²) in [5, 5.41) is 0. The Morgan fingerprint density at radius 1 is 1.71 bits per heavy atom. The zero-order valence-corrected chi connectivity index (χ0v) is 6.60. The third kappa shape index (κ3) is 6.36. The van der Waals surface area contributed by atoms with Gasteiger partial charge in [0.15, 0.2) is 0 Å². The Labute approximate surface area is 57.0 Å². The van der Waals surface area contributed by atoms with E-state index in [4.69, 9.17) is 0 Å². The van der Waals surface area contributed by atoms with Crippen molar-refractivity contribution in [3.8, 4) is 0 Å². The number of hydrogen-bond donors (Lipinski definition) is 0. The molecule has 0 aliphatic rings. The summed E-state index contributed by atoms with van der Waals surface area (Å²) in [5.74, 6) is 0. The summed E-state index contributed by atoms with van der Waals surface area (Å²) in [5.41, 5.74) is 0. The van der Waals surface area contributed by atoms with Gasteiger partial charge in [-0.05, 0) is 14.1 Å². The van der Waals surface area contributed by atoms with Crippen LogP contribution in [-0.4, -0.2) is 29.3 Å². The third-order valence-electron chi connectivity index (χ3n) is 0.441. The van der Waals surface area contributed by atoms with E-state index in [1.165, 1.54) is 0 Å². The molecule has 0 heterocycles. The fourth-order valence-electron chi connectivity index (χ4n) is 0.249. The molecule has 0 N–H and O–H groups in total. The van der Waals surface area contributed by atoms with Crippen LogP contribution in [0.3, 0.4) is 0 Å². The van der Waals surface area contributed by atoms with Crippen molar-refractivity contribution in [1.82, 2.24) is 4.90 Å². The first-order chi connectivity index (χ1) is 3.13. The van der Waals surface area contributed by atoms with Gasteiger partial charge < -0.3 is 4.90 Å². The molecule has 0 bridgehead atoms. The standard InChI is InChI=1S/C4H8INO/c1-6(2)3-4(5)7/h3H2,1-2H3. The third-order valence-corrected chi connectivity index (χ3v) is 0.782. The van der Waals surface area contributed by atoms with Crippen LogP contribution in [0, 0.1) is 0 Å². The molecule has 7 heavy (non-hydrogen) atoms. The molecule has 0 aliphatic carbocycles. The van der Waals surface area contributed by atoms with Crippen molar-refractivity contribution in [3.05, 3.63) is 0 Å². The number of carbonyl (C=O) groups excluding carboxylic acids is 1. The molecule has 0 radical (unpaired) electrons. The van der Waals surface area contributed by atoms with Gasteiger partial charge in [-0.2, -0.15) is 0 Å². The highest BCUT2D eigenvalue weighted by Crippen LogP contribution is 1.85. The summed E-state index contributed by atoms with van der Waals surface area (Å²) in [6.07, 6.45) is 0. The lowest BCUT2D eigenvalue weighted by Crippen LogP contribution is -2.17. The van der Waals surface area contributed by atoms with Gasteiger partial charge in [0.2, 0.25) is 3.79 Å². The van der Waals surface area contributed by atoms with Crippen LogP contribution < -0.4 is 0 Å². The van der Waals surface area contributed by atoms with E-state index in [1.54, 1.807) is 22.6 Å². The number of nitrogens with zero attached hydrogens (tertiary/aromatic N) is 1. The molecule has 0 aromatic heterocycles. The fraction of sp³-hybridized carbons (Fsp3) is 0.750. The molecule has 0 aromatic rings. The van der Waals surface area contributed by atoms with Crippen LogP contribution in [0.25, 0.3) is 0 Å². The van der Waals surface area contributed by atoms with Crippen molar-refractivity contribution in [2.75, 3.05) is 20.6 Å². The van der Waals surface area contributed by atoms with E-state index in [1.807, 2.05) is 19.0 Å². The van der Waals surface area contributed by atoms with E-state index in [-0.39, 0.29) is 3.79 Å². The van der Waals surface area contributed by atoms with Crippen LogP contribution in [0.1, 0.15) is 0 Å². The zero-order valence-electron chi connectivity index (χ0n) is 4.44. The maximum Gasteiger partial charge on any atom is 0.206 e. The van der Waals surface area contributed by atoms with Crippen molar-refractivity contribution in [1.29, 1.82) is 0 Å². The number of halogens is 1. The Hall–Kier alpha value is 0.360. The van der Waals surface area contributed by atoms with Crippen molar-refractivity contribution >= 4 is 26.4 Å². The molecular formula is C4H8INO. The van der Waals surface area contributed by atoms with Gasteiger partial charge in [-0.3, -0.25) is 4.79 Å². The summed E-state index contributed by atoms with van der Waals surface area (Å²) in [7, 11) is 3.74. The lowest BCUT2D eigenvalue weighted by molar-refractivity contribution is -0.109. The summed E-state index contributed by atoms with van der Waals surface area (Å²) >= 11 is 1.78. The average molecular weight is 213 g/mol. The smallest absolute Gasteiger partial charge is 0.206 e. The van der Waals surface area contributed by atoms with E-state index in [2.05, 4.69) is 0 Å². The molecule has 0 fully saturated rings. The minimum absolute atomic E-state index is 0.183. The minimum Gasteiger partial charge on any atom is -0.302 e. The lowest BCUT2D eigenvalue weighted by atomic mass is 10.7.